The van der Waals surface area contributed by atoms with Crippen LogP contribution in [0.2, 0.25) is 15.1 Å². The first kappa shape index (κ1) is 26.9. The first-order valence-electron chi connectivity index (χ1n) is 11.2. The van der Waals surface area contributed by atoms with E-state index >= 15 is 0 Å². The van der Waals surface area contributed by atoms with Gasteiger partial charge >= 0.3 is 0 Å². The summed E-state index contributed by atoms with van der Waals surface area (Å²) in [5.74, 6) is -0.302. The number of rotatable bonds is 10. The molecule has 3 aromatic rings. The Labute approximate surface area is 220 Å². The molecule has 0 unspecified atom stereocenters. The molecule has 5 nitrogen and oxygen atoms in total. The van der Waals surface area contributed by atoms with Crippen LogP contribution in [0.5, 0.6) is 5.75 Å². The average molecular weight is 534 g/mol. The van der Waals surface area contributed by atoms with E-state index in [9.17, 15) is 9.59 Å². The van der Waals surface area contributed by atoms with E-state index < -0.39 is 11.9 Å². The minimum atomic E-state index is -0.825. The molecule has 1 N–H and O–H groups in total. The van der Waals surface area contributed by atoms with Crippen LogP contribution in [0.15, 0.2) is 72.8 Å². The van der Waals surface area contributed by atoms with Crippen LogP contribution in [-0.4, -0.2) is 35.4 Å². The normalized spacial score (nSPS) is 11.7. The molecule has 3 aromatic carbocycles. The van der Waals surface area contributed by atoms with E-state index in [4.69, 9.17) is 39.5 Å². The second kappa shape index (κ2) is 12.8. The van der Waals surface area contributed by atoms with Crippen molar-refractivity contribution in [3.8, 4) is 5.75 Å². The zero-order valence-corrected chi connectivity index (χ0v) is 21.8. The van der Waals surface area contributed by atoms with E-state index in [1.54, 1.807) is 42.5 Å². The van der Waals surface area contributed by atoms with E-state index in [0.717, 1.165) is 5.56 Å². The Hall–Kier alpha value is -2.73. The van der Waals surface area contributed by atoms with Crippen molar-refractivity contribution in [1.29, 1.82) is 0 Å². The van der Waals surface area contributed by atoms with Crippen LogP contribution in [0.4, 0.5) is 0 Å². The molecule has 184 valence electrons. The summed E-state index contributed by atoms with van der Waals surface area (Å²) in [4.78, 5) is 28.4. The second-order valence-corrected chi connectivity index (χ2v) is 9.53. The third kappa shape index (κ3) is 7.63. The van der Waals surface area contributed by atoms with E-state index in [1.807, 2.05) is 44.2 Å². The van der Waals surface area contributed by atoms with Gasteiger partial charge in [0.25, 0.3) is 5.91 Å². The van der Waals surface area contributed by atoms with Gasteiger partial charge in [0, 0.05) is 34.6 Å². The van der Waals surface area contributed by atoms with Crippen LogP contribution in [0.25, 0.3) is 0 Å². The predicted octanol–water partition coefficient (Wildman–Crippen LogP) is 6.19. The Morgan fingerprint density at radius 1 is 0.857 bits per heavy atom. The van der Waals surface area contributed by atoms with Gasteiger partial charge in [0.05, 0.1) is 5.02 Å². The number of nitrogens with one attached hydrogen (secondary N) is 1. The zero-order chi connectivity index (χ0) is 25.4. The number of para-hydroxylation sites is 1. The number of hydrogen-bond acceptors (Lipinski definition) is 3. The first-order chi connectivity index (χ1) is 16.8. The van der Waals surface area contributed by atoms with Crippen LogP contribution in [0.1, 0.15) is 25.0 Å². The summed E-state index contributed by atoms with van der Waals surface area (Å²) in [5.41, 5.74) is 1.46. The number of ether oxygens (including phenoxy) is 1. The van der Waals surface area contributed by atoms with Crippen molar-refractivity contribution in [2.45, 2.75) is 38.9 Å². The van der Waals surface area contributed by atoms with E-state index in [2.05, 4.69) is 5.32 Å². The number of amides is 2. The van der Waals surface area contributed by atoms with Gasteiger partial charge < -0.3 is 15.0 Å². The minimum Gasteiger partial charge on any atom is -0.482 e. The van der Waals surface area contributed by atoms with Gasteiger partial charge in [0.2, 0.25) is 5.91 Å². The Kier molecular flexibility index (Phi) is 9.84. The summed E-state index contributed by atoms with van der Waals surface area (Å²) in [7, 11) is 0. The van der Waals surface area contributed by atoms with Crippen LogP contribution >= 0.6 is 34.8 Å². The van der Waals surface area contributed by atoms with Crippen molar-refractivity contribution in [3.63, 3.8) is 0 Å². The van der Waals surface area contributed by atoms with E-state index in [1.165, 1.54) is 4.90 Å². The molecule has 3 rings (SSSR count). The Morgan fingerprint density at radius 2 is 1.46 bits per heavy atom. The van der Waals surface area contributed by atoms with Gasteiger partial charge in [0.15, 0.2) is 6.61 Å². The lowest BCUT2D eigenvalue weighted by Gasteiger charge is -2.32. The molecule has 0 heterocycles. The lowest BCUT2D eigenvalue weighted by atomic mass is 10.0. The maximum Gasteiger partial charge on any atom is 0.261 e. The lowest BCUT2D eigenvalue weighted by molar-refractivity contribution is -0.143. The molecule has 2 amide bonds. The molecule has 0 aromatic heterocycles. The van der Waals surface area contributed by atoms with E-state index in [-0.39, 0.29) is 25.1 Å². The average Bonchev–Trinajstić information content (AvgIpc) is 2.82. The van der Waals surface area contributed by atoms with E-state index in [0.29, 0.717) is 32.8 Å². The van der Waals surface area contributed by atoms with Crippen molar-refractivity contribution < 1.29 is 14.3 Å². The van der Waals surface area contributed by atoms with Gasteiger partial charge in [-0.1, -0.05) is 83.3 Å². The first-order valence-corrected chi connectivity index (χ1v) is 12.3. The van der Waals surface area contributed by atoms with Gasteiger partial charge in [-0.2, -0.15) is 0 Å². The number of hydrogen-bond donors (Lipinski definition) is 1. The van der Waals surface area contributed by atoms with Crippen molar-refractivity contribution in [2.24, 2.45) is 0 Å². The number of carbonyl (C=O) groups is 2. The van der Waals surface area contributed by atoms with Crippen LogP contribution in [0.3, 0.4) is 0 Å². The number of halogens is 3. The molecule has 35 heavy (non-hydrogen) atoms. The molecule has 0 saturated carbocycles. The summed E-state index contributed by atoms with van der Waals surface area (Å²) in [5, 5.41) is 4.14. The molecule has 0 bridgehead atoms. The highest BCUT2D eigenvalue weighted by atomic mass is 35.5. The molecule has 0 aliphatic carbocycles. The number of carbonyl (C=O) groups excluding carboxylic acids is 2. The quantitative estimate of drug-likeness (QED) is 0.338. The monoisotopic (exact) mass is 532 g/mol. The highest BCUT2D eigenvalue weighted by Gasteiger charge is 2.32. The third-order valence-corrected chi connectivity index (χ3v) is 6.30. The predicted molar refractivity (Wildman–Crippen MR) is 141 cm³/mol. The molecule has 0 aliphatic heterocycles. The van der Waals surface area contributed by atoms with Crippen molar-refractivity contribution in [3.05, 3.63) is 99.0 Å². The Morgan fingerprint density at radius 3 is 2.09 bits per heavy atom. The Bertz CT molecular complexity index is 1140. The van der Waals surface area contributed by atoms with Gasteiger partial charge in [-0.05, 0) is 43.7 Å². The van der Waals surface area contributed by atoms with Crippen molar-refractivity contribution in [1.82, 2.24) is 10.2 Å². The largest absolute Gasteiger partial charge is 0.482 e. The van der Waals surface area contributed by atoms with Gasteiger partial charge in [-0.15, -0.1) is 0 Å². The fourth-order valence-electron chi connectivity index (χ4n) is 3.57. The molecule has 8 heteroatoms. The molecule has 0 saturated heterocycles. The van der Waals surface area contributed by atoms with Gasteiger partial charge in [-0.3, -0.25) is 9.59 Å². The SMILES string of the molecule is CC(C)NC(=O)[C@@H](Cc1ccccc1)N(Cc1c(Cl)cccc1Cl)C(=O)COc1ccccc1Cl. The molecule has 0 aliphatic rings. The summed E-state index contributed by atoms with van der Waals surface area (Å²) in [6, 6.07) is 20.6. The molecule has 0 radical (unpaired) electrons. The molecule has 1 atom stereocenters. The van der Waals surface area contributed by atoms with Gasteiger partial charge in [0.1, 0.15) is 11.8 Å². The van der Waals surface area contributed by atoms with Gasteiger partial charge in [-0.25, -0.2) is 0 Å². The lowest BCUT2D eigenvalue weighted by Crippen LogP contribution is -2.52. The van der Waals surface area contributed by atoms with Crippen molar-refractivity contribution >= 4 is 46.6 Å². The standard InChI is InChI=1S/C27H27Cl3N2O3/c1-18(2)31-27(34)24(15-19-9-4-3-5-10-19)32(16-20-21(28)12-8-13-22(20)29)26(33)17-35-25-14-7-6-11-23(25)30/h3-14,18,24H,15-17H2,1-2H3,(H,31,34)/t24-/m1/s1. The second-order valence-electron chi connectivity index (χ2n) is 8.31. The highest BCUT2D eigenvalue weighted by Crippen LogP contribution is 2.28. The minimum absolute atomic E-state index is 0.0340. The third-order valence-electron chi connectivity index (χ3n) is 5.28. The summed E-state index contributed by atoms with van der Waals surface area (Å²) < 4.78 is 5.72. The summed E-state index contributed by atoms with van der Waals surface area (Å²) in [6.07, 6.45) is 0.305. The maximum absolute atomic E-state index is 13.6. The highest BCUT2D eigenvalue weighted by molar-refractivity contribution is 6.36. The Balaban J connectivity index is 1.97. The maximum atomic E-state index is 13.6. The van der Waals surface area contributed by atoms with Crippen molar-refractivity contribution in [2.75, 3.05) is 6.61 Å². The summed E-state index contributed by atoms with van der Waals surface area (Å²) in [6.45, 7) is 3.46. The fraction of sp³-hybridized carbons (Fsp3) is 0.259. The number of benzene rings is 3. The van der Waals surface area contributed by atoms with Crippen LogP contribution in [-0.2, 0) is 22.6 Å². The van der Waals surface area contributed by atoms with Crippen LogP contribution in [0, 0.1) is 0 Å². The molecule has 0 fully saturated rings. The van der Waals surface area contributed by atoms with Crippen LogP contribution < -0.4 is 10.1 Å². The fourth-order valence-corrected chi connectivity index (χ4v) is 4.28. The smallest absolute Gasteiger partial charge is 0.261 e. The topological polar surface area (TPSA) is 58.6 Å². The molecular weight excluding hydrogens is 507 g/mol. The zero-order valence-electron chi connectivity index (χ0n) is 19.5. The molecular formula is C27H27Cl3N2O3. The molecule has 0 spiro atoms. The summed E-state index contributed by atoms with van der Waals surface area (Å²) >= 11 is 19.0. The number of nitrogens with zero attached hydrogens (tertiary/aromatic N) is 1.